The molecule has 0 aliphatic rings. The van der Waals surface area contributed by atoms with Gasteiger partial charge < -0.3 is 20.6 Å². The Kier molecular flexibility index (Phi) is 3.18. The minimum absolute atomic E-state index is 0.0641. The number of fused-ring (bicyclic) bond motifs is 1. The highest BCUT2D eigenvalue weighted by Crippen LogP contribution is 2.21. The van der Waals surface area contributed by atoms with E-state index < -0.39 is 6.10 Å². The zero-order chi connectivity index (χ0) is 13.9. The normalized spacial score (nSPS) is 12.4. The molecule has 1 aromatic carbocycles. The summed E-state index contributed by atoms with van der Waals surface area (Å²) in [5.74, 6) is 0.355. The topological polar surface area (TPSA) is 110 Å². The molecule has 0 aliphatic heterocycles. The van der Waals surface area contributed by atoms with Gasteiger partial charge in [0.2, 0.25) is 11.8 Å². The van der Waals surface area contributed by atoms with Crippen molar-refractivity contribution >= 4 is 17.1 Å². The lowest BCUT2D eigenvalue weighted by molar-refractivity contribution is 0.106. The number of aliphatic hydroxyl groups is 1. The zero-order valence-electron chi connectivity index (χ0n) is 10.5. The van der Waals surface area contributed by atoms with E-state index in [4.69, 9.17) is 10.5 Å². The summed E-state index contributed by atoms with van der Waals surface area (Å²) in [5.41, 5.74) is 7.34. The van der Waals surface area contributed by atoms with Crippen molar-refractivity contribution in [2.75, 3.05) is 12.3 Å². The fourth-order valence-electron chi connectivity index (χ4n) is 1.86. The molecule has 7 nitrogen and oxygen atoms in total. The average molecular weight is 271 g/mol. The molecule has 0 saturated carbocycles. The number of nitrogen functional groups attached to an aromatic ring is 1. The first-order valence-corrected chi connectivity index (χ1v) is 6.06. The summed E-state index contributed by atoms with van der Waals surface area (Å²) in [5, 5.41) is 10.0. The molecule has 102 valence electrons. The molecule has 2 heterocycles. The highest BCUT2D eigenvalue weighted by atomic mass is 16.5. The summed E-state index contributed by atoms with van der Waals surface area (Å²) < 4.78 is 5.52. The van der Waals surface area contributed by atoms with Gasteiger partial charge >= 0.3 is 0 Å². The van der Waals surface area contributed by atoms with Crippen molar-refractivity contribution in [2.24, 2.45) is 0 Å². The van der Waals surface area contributed by atoms with Crippen LogP contribution in [-0.4, -0.2) is 31.6 Å². The molecular weight excluding hydrogens is 258 g/mol. The molecule has 4 N–H and O–H groups in total. The molecular formula is C13H13N5O2. The van der Waals surface area contributed by atoms with E-state index in [0.717, 1.165) is 5.56 Å². The molecule has 0 amide bonds. The van der Waals surface area contributed by atoms with E-state index in [1.807, 2.05) is 30.3 Å². The third kappa shape index (κ3) is 2.39. The van der Waals surface area contributed by atoms with E-state index in [1.165, 1.54) is 6.33 Å². The van der Waals surface area contributed by atoms with Gasteiger partial charge in [0.15, 0.2) is 5.65 Å². The quantitative estimate of drug-likeness (QED) is 0.654. The first-order valence-electron chi connectivity index (χ1n) is 6.06. The number of imidazole rings is 1. The van der Waals surface area contributed by atoms with Crippen LogP contribution in [0.1, 0.15) is 11.7 Å². The summed E-state index contributed by atoms with van der Waals surface area (Å²) in [7, 11) is 0. The van der Waals surface area contributed by atoms with Crippen LogP contribution in [0.2, 0.25) is 0 Å². The van der Waals surface area contributed by atoms with E-state index >= 15 is 0 Å². The first kappa shape index (κ1) is 12.4. The van der Waals surface area contributed by atoms with Gasteiger partial charge in [-0.05, 0) is 5.56 Å². The van der Waals surface area contributed by atoms with Gasteiger partial charge in [-0.1, -0.05) is 30.3 Å². The van der Waals surface area contributed by atoms with Crippen molar-refractivity contribution in [3.63, 3.8) is 0 Å². The number of ether oxygens (including phenoxy) is 1. The Balaban J connectivity index is 1.78. The van der Waals surface area contributed by atoms with Gasteiger partial charge in [0.25, 0.3) is 0 Å². The number of H-pyrrole nitrogens is 1. The van der Waals surface area contributed by atoms with Gasteiger partial charge in [0.05, 0.1) is 6.33 Å². The zero-order valence-corrected chi connectivity index (χ0v) is 10.5. The smallest absolute Gasteiger partial charge is 0.245 e. The molecule has 0 aliphatic carbocycles. The summed E-state index contributed by atoms with van der Waals surface area (Å²) in [6.45, 7) is 0.0641. The second-order valence-electron chi connectivity index (χ2n) is 4.23. The molecule has 0 bridgehead atoms. The minimum Gasteiger partial charge on any atom is -0.473 e. The fourth-order valence-corrected chi connectivity index (χ4v) is 1.86. The number of benzene rings is 1. The highest BCUT2D eigenvalue weighted by Gasteiger charge is 2.13. The van der Waals surface area contributed by atoms with Gasteiger partial charge in [-0.2, -0.15) is 9.97 Å². The van der Waals surface area contributed by atoms with Crippen LogP contribution in [0.5, 0.6) is 5.88 Å². The van der Waals surface area contributed by atoms with Gasteiger partial charge in [0.1, 0.15) is 18.2 Å². The number of aliphatic hydroxyl groups excluding tert-OH is 1. The second kappa shape index (κ2) is 5.14. The van der Waals surface area contributed by atoms with E-state index in [2.05, 4.69) is 19.9 Å². The maximum Gasteiger partial charge on any atom is 0.245 e. The van der Waals surface area contributed by atoms with Crippen LogP contribution >= 0.6 is 0 Å². The highest BCUT2D eigenvalue weighted by molar-refractivity contribution is 5.76. The molecule has 7 heteroatoms. The Bertz CT molecular complexity index is 713. The van der Waals surface area contributed by atoms with Crippen LogP contribution in [0, 0.1) is 0 Å². The minimum atomic E-state index is -0.745. The van der Waals surface area contributed by atoms with Crippen LogP contribution in [0.4, 0.5) is 5.95 Å². The molecule has 0 radical (unpaired) electrons. The molecule has 0 saturated heterocycles. The van der Waals surface area contributed by atoms with Gasteiger partial charge in [-0.15, -0.1) is 0 Å². The summed E-state index contributed by atoms with van der Waals surface area (Å²) >= 11 is 0. The van der Waals surface area contributed by atoms with Crippen molar-refractivity contribution < 1.29 is 9.84 Å². The standard InChI is InChI=1S/C13H13N5O2/c14-13-17-11-10(15-7-16-11)12(18-13)20-6-9(19)8-4-2-1-3-5-8/h1-5,7,9,19H,6H2,(H3,14,15,16,17,18). The van der Waals surface area contributed by atoms with Crippen molar-refractivity contribution in [1.29, 1.82) is 0 Å². The maximum atomic E-state index is 10.0. The molecule has 3 rings (SSSR count). The number of hydrogen-bond acceptors (Lipinski definition) is 6. The van der Waals surface area contributed by atoms with Crippen molar-refractivity contribution in [3.05, 3.63) is 42.2 Å². The van der Waals surface area contributed by atoms with Crippen LogP contribution in [-0.2, 0) is 0 Å². The lowest BCUT2D eigenvalue weighted by Crippen LogP contribution is -2.11. The van der Waals surface area contributed by atoms with Crippen LogP contribution in [0.25, 0.3) is 11.2 Å². The van der Waals surface area contributed by atoms with Crippen LogP contribution in [0.3, 0.4) is 0 Å². The van der Waals surface area contributed by atoms with Gasteiger partial charge in [-0.3, -0.25) is 0 Å². The summed E-state index contributed by atoms with van der Waals surface area (Å²) in [6, 6.07) is 9.25. The lowest BCUT2D eigenvalue weighted by Gasteiger charge is -2.12. The summed E-state index contributed by atoms with van der Waals surface area (Å²) in [6.07, 6.45) is 0.740. The first-order chi connectivity index (χ1) is 9.74. The molecule has 1 atom stereocenters. The van der Waals surface area contributed by atoms with E-state index in [9.17, 15) is 5.11 Å². The number of aromatic nitrogens is 4. The molecule has 0 fully saturated rings. The molecule has 20 heavy (non-hydrogen) atoms. The number of anilines is 1. The Hall–Kier alpha value is -2.67. The number of nitrogens with one attached hydrogen (secondary N) is 1. The lowest BCUT2D eigenvalue weighted by atomic mass is 10.1. The Morgan fingerprint density at radius 2 is 2.05 bits per heavy atom. The van der Waals surface area contributed by atoms with Gasteiger partial charge in [0, 0.05) is 0 Å². The van der Waals surface area contributed by atoms with Crippen molar-refractivity contribution in [2.45, 2.75) is 6.10 Å². The van der Waals surface area contributed by atoms with Gasteiger partial charge in [-0.25, -0.2) is 4.98 Å². The number of hydrogen-bond donors (Lipinski definition) is 3. The largest absolute Gasteiger partial charge is 0.473 e. The molecule has 3 aromatic rings. The third-order valence-corrected chi connectivity index (χ3v) is 2.83. The van der Waals surface area contributed by atoms with Crippen molar-refractivity contribution in [3.8, 4) is 5.88 Å². The Labute approximate surface area is 114 Å². The Morgan fingerprint density at radius 1 is 1.25 bits per heavy atom. The fraction of sp³-hybridized carbons (Fsp3) is 0.154. The second-order valence-corrected chi connectivity index (χ2v) is 4.23. The van der Waals surface area contributed by atoms with Crippen LogP contribution in [0.15, 0.2) is 36.7 Å². The average Bonchev–Trinajstić information content (AvgIpc) is 2.93. The van der Waals surface area contributed by atoms with E-state index in [1.54, 1.807) is 0 Å². The Morgan fingerprint density at radius 3 is 2.85 bits per heavy atom. The van der Waals surface area contributed by atoms with E-state index in [0.29, 0.717) is 11.2 Å². The van der Waals surface area contributed by atoms with E-state index in [-0.39, 0.29) is 18.4 Å². The maximum absolute atomic E-state index is 10.0. The molecule has 0 spiro atoms. The number of rotatable bonds is 4. The third-order valence-electron chi connectivity index (χ3n) is 2.83. The number of nitrogens with zero attached hydrogens (tertiary/aromatic N) is 3. The predicted molar refractivity (Wildman–Crippen MR) is 73.0 cm³/mol. The molecule has 1 unspecified atom stereocenters. The van der Waals surface area contributed by atoms with Crippen molar-refractivity contribution in [1.82, 2.24) is 19.9 Å². The number of nitrogens with two attached hydrogens (primary N) is 1. The monoisotopic (exact) mass is 271 g/mol. The van der Waals surface area contributed by atoms with Crippen LogP contribution < -0.4 is 10.5 Å². The summed E-state index contributed by atoms with van der Waals surface area (Å²) in [4.78, 5) is 14.8. The SMILES string of the molecule is Nc1nc(OCC(O)c2ccccc2)c2[nH]cnc2n1. The predicted octanol–water partition coefficient (Wildman–Crippen LogP) is 1.05. The molecule has 2 aromatic heterocycles. The number of aromatic amines is 1.